The molecule has 2 nitrogen and oxygen atoms in total. The van der Waals surface area contributed by atoms with Gasteiger partial charge in [-0.1, -0.05) is 25.7 Å². The third kappa shape index (κ3) is 5.20. The Balaban J connectivity index is 2.22. The Morgan fingerprint density at radius 2 is 1.94 bits per heavy atom. The molecule has 0 aromatic carbocycles. The van der Waals surface area contributed by atoms with Gasteiger partial charge in [-0.25, -0.2) is 0 Å². The summed E-state index contributed by atoms with van der Waals surface area (Å²) in [5.74, 6) is 0.500. The third-order valence-corrected chi connectivity index (χ3v) is 3.92. The van der Waals surface area contributed by atoms with Crippen LogP contribution in [0.1, 0.15) is 58.3 Å². The molecule has 3 heteroatoms. The van der Waals surface area contributed by atoms with Gasteiger partial charge in [0.25, 0.3) is 0 Å². The molecule has 0 saturated heterocycles. The molecule has 0 aromatic heterocycles. The first-order chi connectivity index (χ1) is 7.74. The lowest BCUT2D eigenvalue weighted by Gasteiger charge is -2.19. The van der Waals surface area contributed by atoms with Gasteiger partial charge in [0.15, 0.2) is 0 Å². The standard InChI is InChI=1S/C13H23ClO2/c1-2-16-13(15)10-9-12(14)11-7-5-3-4-6-8-11/h11-12H,2-10H2,1H3. The molecule has 0 amide bonds. The molecule has 1 aliphatic carbocycles. The van der Waals surface area contributed by atoms with E-state index in [2.05, 4.69) is 0 Å². The Hall–Kier alpha value is -0.240. The van der Waals surface area contributed by atoms with E-state index in [9.17, 15) is 4.79 Å². The predicted octanol–water partition coefficient (Wildman–Crippen LogP) is 3.91. The van der Waals surface area contributed by atoms with Gasteiger partial charge in [-0.15, -0.1) is 11.6 Å². The maximum atomic E-state index is 11.2. The normalized spacial score (nSPS) is 20.1. The smallest absolute Gasteiger partial charge is 0.305 e. The van der Waals surface area contributed by atoms with Crippen LogP contribution in [0, 0.1) is 5.92 Å². The van der Waals surface area contributed by atoms with E-state index < -0.39 is 0 Å². The van der Waals surface area contributed by atoms with Crippen molar-refractivity contribution in [3.05, 3.63) is 0 Å². The molecule has 1 fully saturated rings. The number of carbonyl (C=O) groups excluding carboxylic acids is 1. The van der Waals surface area contributed by atoms with Crippen LogP contribution >= 0.6 is 11.6 Å². The van der Waals surface area contributed by atoms with Crippen LogP contribution in [0.15, 0.2) is 0 Å². The van der Waals surface area contributed by atoms with Crippen molar-refractivity contribution in [2.75, 3.05) is 6.61 Å². The number of halogens is 1. The zero-order valence-corrected chi connectivity index (χ0v) is 11.0. The quantitative estimate of drug-likeness (QED) is 0.418. The first kappa shape index (κ1) is 13.8. The van der Waals surface area contributed by atoms with Crippen LogP contribution in [-0.2, 0) is 9.53 Å². The second-order valence-electron chi connectivity index (χ2n) is 4.61. The van der Waals surface area contributed by atoms with E-state index in [1.807, 2.05) is 6.92 Å². The molecule has 1 rings (SSSR count). The highest BCUT2D eigenvalue weighted by Crippen LogP contribution is 2.30. The van der Waals surface area contributed by atoms with Gasteiger partial charge in [0.1, 0.15) is 0 Å². The minimum Gasteiger partial charge on any atom is -0.466 e. The van der Waals surface area contributed by atoms with Gasteiger partial charge < -0.3 is 4.74 Å². The average Bonchev–Trinajstić information content (AvgIpc) is 2.55. The van der Waals surface area contributed by atoms with Crippen molar-refractivity contribution in [3.63, 3.8) is 0 Å². The van der Waals surface area contributed by atoms with Crippen LogP contribution in [0.5, 0.6) is 0 Å². The molecule has 0 heterocycles. The van der Waals surface area contributed by atoms with Crippen LogP contribution in [0.2, 0.25) is 0 Å². The largest absolute Gasteiger partial charge is 0.466 e. The minimum absolute atomic E-state index is 0.109. The Morgan fingerprint density at radius 1 is 1.31 bits per heavy atom. The van der Waals surface area contributed by atoms with Gasteiger partial charge in [0.2, 0.25) is 0 Å². The Morgan fingerprint density at radius 3 is 2.50 bits per heavy atom. The highest BCUT2D eigenvalue weighted by Gasteiger charge is 2.21. The highest BCUT2D eigenvalue weighted by atomic mass is 35.5. The van der Waals surface area contributed by atoms with Crippen LogP contribution < -0.4 is 0 Å². The summed E-state index contributed by atoms with van der Waals surface area (Å²) in [5.41, 5.74) is 0. The van der Waals surface area contributed by atoms with Gasteiger partial charge in [-0.3, -0.25) is 4.79 Å². The fourth-order valence-electron chi connectivity index (χ4n) is 2.40. The van der Waals surface area contributed by atoms with Crippen molar-refractivity contribution in [2.24, 2.45) is 5.92 Å². The van der Waals surface area contributed by atoms with Crippen molar-refractivity contribution >= 4 is 17.6 Å². The van der Waals surface area contributed by atoms with Crippen molar-refractivity contribution < 1.29 is 9.53 Å². The van der Waals surface area contributed by atoms with E-state index >= 15 is 0 Å². The lowest BCUT2D eigenvalue weighted by molar-refractivity contribution is -0.143. The molecule has 0 spiro atoms. The minimum atomic E-state index is -0.109. The maximum absolute atomic E-state index is 11.2. The fraction of sp³-hybridized carbons (Fsp3) is 0.923. The van der Waals surface area contributed by atoms with E-state index in [1.54, 1.807) is 0 Å². The molecular weight excluding hydrogens is 224 g/mol. The van der Waals surface area contributed by atoms with Gasteiger partial charge in [0, 0.05) is 11.8 Å². The molecule has 1 aliphatic rings. The summed E-state index contributed by atoms with van der Waals surface area (Å²) < 4.78 is 4.91. The molecule has 1 atom stereocenters. The van der Waals surface area contributed by atoms with Crippen molar-refractivity contribution in [1.29, 1.82) is 0 Å². The molecule has 16 heavy (non-hydrogen) atoms. The number of hydrogen-bond donors (Lipinski definition) is 0. The molecule has 1 saturated carbocycles. The van der Waals surface area contributed by atoms with Gasteiger partial charge in [-0.05, 0) is 32.1 Å². The number of ether oxygens (including phenoxy) is 1. The maximum Gasteiger partial charge on any atom is 0.305 e. The topological polar surface area (TPSA) is 26.3 Å². The average molecular weight is 247 g/mol. The lowest BCUT2D eigenvalue weighted by Crippen LogP contribution is -2.16. The van der Waals surface area contributed by atoms with E-state index in [0.717, 1.165) is 6.42 Å². The number of hydrogen-bond acceptors (Lipinski definition) is 2. The van der Waals surface area contributed by atoms with E-state index in [1.165, 1.54) is 38.5 Å². The summed E-state index contributed by atoms with van der Waals surface area (Å²) in [6.45, 7) is 2.30. The van der Waals surface area contributed by atoms with Crippen LogP contribution in [0.4, 0.5) is 0 Å². The summed E-state index contributed by atoms with van der Waals surface area (Å²) in [6.07, 6.45) is 8.99. The van der Waals surface area contributed by atoms with Gasteiger partial charge in [-0.2, -0.15) is 0 Å². The van der Waals surface area contributed by atoms with Crippen LogP contribution in [0.25, 0.3) is 0 Å². The Kier molecular flexibility index (Phi) is 6.86. The number of carbonyl (C=O) groups is 1. The zero-order chi connectivity index (χ0) is 11.8. The SMILES string of the molecule is CCOC(=O)CCC(Cl)C1CCCCCC1. The molecule has 0 radical (unpaired) electrons. The summed E-state index contributed by atoms with van der Waals surface area (Å²) in [6, 6.07) is 0. The van der Waals surface area contributed by atoms with Crippen molar-refractivity contribution in [3.8, 4) is 0 Å². The van der Waals surface area contributed by atoms with Crippen molar-refractivity contribution in [2.45, 2.75) is 63.7 Å². The van der Waals surface area contributed by atoms with E-state index in [0.29, 0.717) is 18.9 Å². The highest BCUT2D eigenvalue weighted by molar-refractivity contribution is 6.20. The van der Waals surface area contributed by atoms with E-state index in [-0.39, 0.29) is 11.3 Å². The summed E-state index contributed by atoms with van der Waals surface area (Å²) in [7, 11) is 0. The van der Waals surface area contributed by atoms with Crippen LogP contribution in [0.3, 0.4) is 0 Å². The second kappa shape index (κ2) is 7.94. The summed E-state index contributed by atoms with van der Waals surface area (Å²) >= 11 is 6.37. The monoisotopic (exact) mass is 246 g/mol. The summed E-state index contributed by atoms with van der Waals surface area (Å²) in [4.78, 5) is 11.2. The molecule has 0 N–H and O–H groups in total. The summed E-state index contributed by atoms with van der Waals surface area (Å²) in [5, 5.41) is 0.155. The predicted molar refractivity (Wildman–Crippen MR) is 66.7 cm³/mol. The zero-order valence-electron chi connectivity index (χ0n) is 10.2. The Labute approximate surface area is 104 Å². The fourth-order valence-corrected chi connectivity index (χ4v) is 2.76. The third-order valence-electron chi connectivity index (χ3n) is 3.34. The molecular formula is C13H23ClO2. The number of rotatable bonds is 5. The molecule has 0 aromatic rings. The van der Waals surface area contributed by atoms with E-state index in [4.69, 9.17) is 16.3 Å². The molecule has 94 valence electrons. The Bertz CT molecular complexity index is 198. The number of esters is 1. The first-order valence-electron chi connectivity index (χ1n) is 6.53. The molecule has 1 unspecified atom stereocenters. The van der Waals surface area contributed by atoms with Gasteiger partial charge >= 0.3 is 5.97 Å². The second-order valence-corrected chi connectivity index (χ2v) is 5.17. The molecule has 0 aliphatic heterocycles. The van der Waals surface area contributed by atoms with Crippen LogP contribution in [-0.4, -0.2) is 18.0 Å². The molecule has 0 bridgehead atoms. The number of alkyl halides is 1. The van der Waals surface area contributed by atoms with Gasteiger partial charge in [0.05, 0.1) is 6.61 Å². The lowest BCUT2D eigenvalue weighted by atomic mass is 9.93. The van der Waals surface area contributed by atoms with Crippen molar-refractivity contribution in [1.82, 2.24) is 0 Å². The first-order valence-corrected chi connectivity index (χ1v) is 6.97.